The second-order valence-corrected chi connectivity index (χ2v) is 6.04. The summed E-state index contributed by atoms with van der Waals surface area (Å²) in [5, 5.41) is 4.11. The number of nitrogens with zero attached hydrogens (tertiary/aromatic N) is 1. The van der Waals surface area contributed by atoms with Crippen molar-refractivity contribution in [1.29, 1.82) is 0 Å². The van der Waals surface area contributed by atoms with Gasteiger partial charge in [-0.1, -0.05) is 42.5 Å². The number of hydrogen-bond acceptors (Lipinski definition) is 7. The van der Waals surface area contributed by atoms with Gasteiger partial charge in [0.15, 0.2) is 0 Å². The molecule has 2 atom stereocenters. The molecule has 8 heteroatoms. The van der Waals surface area contributed by atoms with Crippen LogP contribution in [0.2, 0.25) is 0 Å². The number of hydrazone groups is 1. The van der Waals surface area contributed by atoms with E-state index < -0.39 is 29.6 Å². The molecule has 146 valence electrons. The van der Waals surface area contributed by atoms with Gasteiger partial charge in [0.05, 0.1) is 18.9 Å². The molecular weight excluding hydrogens is 368 g/mol. The molecule has 0 bridgehead atoms. The standard InChI is InChI=1S/C19H24N2O5S/c1-5-25-18(23)15(16(13(4)22)19(24)26-6-2)12(3)20-21-17(27)14-10-8-7-9-11-14/h7-11,15-16H,5-6H2,1-4H3,(H,21,27)/b20-12-/t15-,16-/m0/s1. The maximum absolute atomic E-state index is 12.4. The van der Waals surface area contributed by atoms with Gasteiger partial charge in [0.2, 0.25) is 0 Å². The van der Waals surface area contributed by atoms with Gasteiger partial charge in [0.1, 0.15) is 22.6 Å². The molecule has 0 aliphatic carbocycles. The Balaban J connectivity index is 3.13. The Morgan fingerprint density at radius 2 is 1.52 bits per heavy atom. The highest BCUT2D eigenvalue weighted by Gasteiger charge is 2.41. The predicted octanol–water partition coefficient (Wildman–Crippen LogP) is 2.28. The summed E-state index contributed by atoms with van der Waals surface area (Å²) in [6.07, 6.45) is 0. The average molecular weight is 392 g/mol. The second-order valence-electron chi connectivity index (χ2n) is 5.63. The molecule has 0 aliphatic heterocycles. The number of rotatable bonds is 9. The van der Waals surface area contributed by atoms with Gasteiger partial charge in [0, 0.05) is 5.56 Å². The van der Waals surface area contributed by atoms with Gasteiger partial charge in [-0.05, 0) is 27.7 Å². The van der Waals surface area contributed by atoms with Crippen LogP contribution in [0.25, 0.3) is 0 Å². The van der Waals surface area contributed by atoms with E-state index in [2.05, 4.69) is 10.5 Å². The molecule has 1 rings (SSSR count). The minimum atomic E-state index is -1.33. The molecule has 27 heavy (non-hydrogen) atoms. The smallest absolute Gasteiger partial charge is 0.317 e. The molecule has 1 N–H and O–H groups in total. The van der Waals surface area contributed by atoms with Crippen molar-refractivity contribution in [1.82, 2.24) is 5.43 Å². The molecule has 0 unspecified atom stereocenters. The van der Waals surface area contributed by atoms with Crippen molar-refractivity contribution in [3.05, 3.63) is 35.9 Å². The normalized spacial score (nSPS) is 13.3. The number of ether oxygens (including phenoxy) is 2. The topological polar surface area (TPSA) is 94.1 Å². The SMILES string of the molecule is CCOC(=O)[C@@H](C(C)=O)[C@@H](C(=O)OCC)/C(C)=N\NC(=S)c1ccccc1. The number of Topliss-reactive ketones (excluding diaryl/α,β-unsaturated/α-hetero) is 1. The van der Waals surface area contributed by atoms with Crippen molar-refractivity contribution in [2.45, 2.75) is 27.7 Å². The molecule has 7 nitrogen and oxygen atoms in total. The van der Waals surface area contributed by atoms with Crippen LogP contribution in [0, 0.1) is 11.8 Å². The Bertz CT molecular complexity index is 718. The van der Waals surface area contributed by atoms with Crippen LogP contribution in [0.15, 0.2) is 35.4 Å². The van der Waals surface area contributed by atoms with Crippen LogP contribution in [0.1, 0.15) is 33.3 Å². The van der Waals surface area contributed by atoms with Crippen molar-refractivity contribution in [2.24, 2.45) is 16.9 Å². The summed E-state index contributed by atoms with van der Waals surface area (Å²) in [7, 11) is 0. The van der Waals surface area contributed by atoms with Crippen LogP contribution >= 0.6 is 12.2 Å². The van der Waals surface area contributed by atoms with E-state index in [1.54, 1.807) is 26.0 Å². The fourth-order valence-electron chi connectivity index (χ4n) is 2.41. The summed E-state index contributed by atoms with van der Waals surface area (Å²) in [6, 6.07) is 9.12. The number of thiocarbonyl (C=S) groups is 1. The lowest BCUT2D eigenvalue weighted by atomic mass is 9.85. The van der Waals surface area contributed by atoms with Gasteiger partial charge in [-0.25, -0.2) is 0 Å². The molecule has 0 amide bonds. The molecule has 0 saturated carbocycles. The molecule has 0 saturated heterocycles. The van der Waals surface area contributed by atoms with E-state index in [0.29, 0.717) is 4.99 Å². The Morgan fingerprint density at radius 3 is 2.00 bits per heavy atom. The van der Waals surface area contributed by atoms with Crippen LogP contribution in [-0.2, 0) is 23.9 Å². The van der Waals surface area contributed by atoms with Crippen LogP contribution < -0.4 is 5.43 Å². The highest BCUT2D eigenvalue weighted by atomic mass is 32.1. The summed E-state index contributed by atoms with van der Waals surface area (Å²) in [5.74, 6) is -4.55. The monoisotopic (exact) mass is 392 g/mol. The highest BCUT2D eigenvalue weighted by Crippen LogP contribution is 2.20. The van der Waals surface area contributed by atoms with Gasteiger partial charge in [-0.15, -0.1) is 0 Å². The maximum Gasteiger partial charge on any atom is 0.317 e. The zero-order valence-corrected chi connectivity index (χ0v) is 16.7. The lowest BCUT2D eigenvalue weighted by Crippen LogP contribution is -2.41. The molecule has 0 heterocycles. The van der Waals surface area contributed by atoms with Crippen LogP contribution in [0.4, 0.5) is 0 Å². The van der Waals surface area contributed by atoms with Gasteiger partial charge in [-0.2, -0.15) is 5.10 Å². The number of carbonyl (C=O) groups is 3. The minimum Gasteiger partial charge on any atom is -0.465 e. The summed E-state index contributed by atoms with van der Waals surface area (Å²) in [5.41, 5.74) is 3.62. The Labute approximate surface area is 164 Å². The van der Waals surface area contributed by atoms with Gasteiger partial charge < -0.3 is 9.47 Å². The first-order chi connectivity index (χ1) is 12.8. The second kappa shape index (κ2) is 11.2. The predicted molar refractivity (Wildman–Crippen MR) is 105 cm³/mol. The molecule has 0 aromatic heterocycles. The number of ketones is 1. The number of hydrogen-bond donors (Lipinski definition) is 1. The third-order valence-corrected chi connectivity index (χ3v) is 4.00. The molecule has 0 radical (unpaired) electrons. The Kier molecular flexibility index (Phi) is 9.29. The Morgan fingerprint density at radius 1 is 1.00 bits per heavy atom. The van der Waals surface area contributed by atoms with E-state index in [-0.39, 0.29) is 18.9 Å². The van der Waals surface area contributed by atoms with E-state index in [0.717, 1.165) is 5.56 Å². The molecule has 0 aliphatic rings. The average Bonchev–Trinajstić information content (AvgIpc) is 2.64. The molecule has 0 spiro atoms. The van der Waals surface area contributed by atoms with Crippen molar-refractivity contribution >= 4 is 40.6 Å². The maximum atomic E-state index is 12.4. The molecule has 1 aromatic carbocycles. The Hall–Kier alpha value is -2.61. The summed E-state index contributed by atoms with van der Waals surface area (Å²) in [6.45, 7) is 6.20. The lowest BCUT2D eigenvalue weighted by Gasteiger charge is -2.22. The van der Waals surface area contributed by atoms with E-state index in [9.17, 15) is 14.4 Å². The van der Waals surface area contributed by atoms with Gasteiger partial charge in [-0.3, -0.25) is 19.8 Å². The number of nitrogens with one attached hydrogen (secondary N) is 1. The zero-order chi connectivity index (χ0) is 20.4. The zero-order valence-electron chi connectivity index (χ0n) is 15.9. The van der Waals surface area contributed by atoms with Gasteiger partial charge >= 0.3 is 11.9 Å². The van der Waals surface area contributed by atoms with Crippen LogP contribution in [-0.4, -0.2) is 41.6 Å². The van der Waals surface area contributed by atoms with E-state index in [4.69, 9.17) is 21.7 Å². The highest BCUT2D eigenvalue weighted by molar-refractivity contribution is 7.80. The van der Waals surface area contributed by atoms with Crippen molar-refractivity contribution in [2.75, 3.05) is 13.2 Å². The third kappa shape index (κ3) is 6.56. The first-order valence-electron chi connectivity index (χ1n) is 8.56. The van der Waals surface area contributed by atoms with Crippen molar-refractivity contribution < 1.29 is 23.9 Å². The summed E-state index contributed by atoms with van der Waals surface area (Å²) < 4.78 is 9.99. The summed E-state index contributed by atoms with van der Waals surface area (Å²) >= 11 is 5.26. The number of benzene rings is 1. The quantitative estimate of drug-likeness (QED) is 0.226. The van der Waals surface area contributed by atoms with Crippen LogP contribution in [0.3, 0.4) is 0 Å². The van der Waals surface area contributed by atoms with E-state index >= 15 is 0 Å². The first-order valence-corrected chi connectivity index (χ1v) is 8.97. The third-order valence-electron chi connectivity index (χ3n) is 3.67. The number of carbonyl (C=O) groups excluding carboxylic acids is 3. The fraction of sp³-hybridized carbons (Fsp3) is 0.421. The van der Waals surface area contributed by atoms with E-state index in [1.807, 2.05) is 18.2 Å². The lowest BCUT2D eigenvalue weighted by molar-refractivity contribution is -0.160. The fourth-order valence-corrected chi connectivity index (χ4v) is 2.59. The van der Waals surface area contributed by atoms with E-state index in [1.165, 1.54) is 13.8 Å². The van der Waals surface area contributed by atoms with Crippen molar-refractivity contribution in [3.63, 3.8) is 0 Å². The number of esters is 2. The van der Waals surface area contributed by atoms with Gasteiger partial charge in [0.25, 0.3) is 0 Å². The summed E-state index contributed by atoms with van der Waals surface area (Å²) in [4.78, 5) is 37.1. The minimum absolute atomic E-state index is 0.0880. The molecule has 1 aromatic rings. The largest absolute Gasteiger partial charge is 0.465 e. The van der Waals surface area contributed by atoms with Crippen LogP contribution in [0.5, 0.6) is 0 Å². The van der Waals surface area contributed by atoms with Crippen molar-refractivity contribution in [3.8, 4) is 0 Å². The molecular formula is C19H24N2O5S. The first kappa shape index (κ1) is 22.4. The molecule has 0 fully saturated rings.